The maximum absolute atomic E-state index is 12.3. The smallest absolute Gasteiger partial charge is 0.227 e. The summed E-state index contributed by atoms with van der Waals surface area (Å²) >= 11 is 0. The van der Waals surface area contributed by atoms with Gasteiger partial charge in [0.05, 0.1) is 0 Å². The molecule has 1 amide bonds. The molecule has 2 atom stereocenters. The molecule has 0 bridgehead atoms. The number of anilines is 1. The summed E-state index contributed by atoms with van der Waals surface area (Å²) in [6, 6.07) is 8.25. The van der Waals surface area contributed by atoms with Gasteiger partial charge in [0.25, 0.3) is 0 Å². The fourth-order valence-electron chi connectivity index (χ4n) is 2.76. The highest BCUT2D eigenvalue weighted by molar-refractivity contribution is 5.92. The van der Waals surface area contributed by atoms with Crippen LogP contribution in [0.5, 0.6) is 0 Å². The van der Waals surface area contributed by atoms with Crippen molar-refractivity contribution in [1.29, 1.82) is 0 Å². The van der Waals surface area contributed by atoms with Gasteiger partial charge in [0, 0.05) is 25.2 Å². The van der Waals surface area contributed by atoms with Crippen molar-refractivity contribution in [2.24, 2.45) is 11.7 Å². The van der Waals surface area contributed by atoms with Gasteiger partial charge in [-0.3, -0.25) is 4.79 Å². The van der Waals surface area contributed by atoms with Gasteiger partial charge in [0.15, 0.2) is 0 Å². The Balaban J connectivity index is 0.00000200. The van der Waals surface area contributed by atoms with Gasteiger partial charge in [-0.2, -0.15) is 0 Å². The zero-order chi connectivity index (χ0) is 13.8. The minimum absolute atomic E-state index is 0. The van der Waals surface area contributed by atoms with Crippen molar-refractivity contribution < 1.29 is 4.79 Å². The average molecular weight is 297 g/mol. The van der Waals surface area contributed by atoms with Crippen LogP contribution in [0.15, 0.2) is 24.3 Å². The molecule has 20 heavy (non-hydrogen) atoms. The highest BCUT2D eigenvalue weighted by Crippen LogP contribution is 2.27. The molecule has 4 heteroatoms. The Morgan fingerprint density at radius 2 is 1.85 bits per heavy atom. The van der Waals surface area contributed by atoms with Gasteiger partial charge in [-0.1, -0.05) is 30.5 Å². The van der Waals surface area contributed by atoms with Gasteiger partial charge < -0.3 is 10.6 Å². The lowest BCUT2D eigenvalue weighted by atomic mass is 9.83. The molecule has 0 saturated heterocycles. The molecular weight excluding hydrogens is 272 g/mol. The monoisotopic (exact) mass is 296 g/mol. The second-order valence-electron chi connectivity index (χ2n) is 5.70. The Hall–Kier alpha value is -1.06. The number of amides is 1. The zero-order valence-electron chi connectivity index (χ0n) is 12.3. The minimum atomic E-state index is 0. The number of hydrogen-bond acceptors (Lipinski definition) is 2. The molecule has 1 aromatic carbocycles. The second-order valence-corrected chi connectivity index (χ2v) is 5.70. The molecule has 0 aliphatic heterocycles. The normalized spacial score (nSPS) is 21.9. The molecule has 2 N–H and O–H groups in total. The predicted octanol–water partition coefficient (Wildman–Crippen LogP) is 3.29. The Bertz CT molecular complexity index is 433. The van der Waals surface area contributed by atoms with Crippen molar-refractivity contribution in [2.75, 3.05) is 11.9 Å². The number of nitrogens with two attached hydrogens (primary N) is 1. The number of rotatable bonds is 3. The van der Waals surface area contributed by atoms with E-state index >= 15 is 0 Å². The second kappa shape index (κ2) is 7.65. The van der Waals surface area contributed by atoms with Crippen molar-refractivity contribution in [3.63, 3.8) is 0 Å². The Morgan fingerprint density at radius 1 is 1.25 bits per heavy atom. The van der Waals surface area contributed by atoms with E-state index in [0.717, 1.165) is 18.5 Å². The number of aryl methyl sites for hydroxylation is 1. The molecule has 2 unspecified atom stereocenters. The van der Waals surface area contributed by atoms with Crippen LogP contribution in [0, 0.1) is 12.8 Å². The summed E-state index contributed by atoms with van der Waals surface area (Å²) in [6.07, 6.45) is 5.14. The van der Waals surface area contributed by atoms with E-state index in [1.807, 2.05) is 38.2 Å². The van der Waals surface area contributed by atoms with Crippen LogP contribution >= 0.6 is 12.4 Å². The third-order valence-electron chi connectivity index (χ3n) is 4.20. The van der Waals surface area contributed by atoms with Gasteiger partial charge in [0.2, 0.25) is 5.91 Å². The number of nitrogens with zero attached hydrogens (tertiary/aromatic N) is 1. The molecule has 0 aromatic heterocycles. The first-order valence-electron chi connectivity index (χ1n) is 7.16. The van der Waals surface area contributed by atoms with Gasteiger partial charge in [-0.15, -0.1) is 12.4 Å². The highest BCUT2D eigenvalue weighted by atomic mass is 35.5. The Labute approximate surface area is 127 Å². The maximum atomic E-state index is 12.3. The van der Waals surface area contributed by atoms with Gasteiger partial charge >= 0.3 is 0 Å². The molecule has 2 rings (SSSR count). The van der Waals surface area contributed by atoms with Crippen LogP contribution in [-0.4, -0.2) is 19.0 Å². The van der Waals surface area contributed by atoms with Gasteiger partial charge in [-0.05, 0) is 37.8 Å². The van der Waals surface area contributed by atoms with Crippen LogP contribution in [-0.2, 0) is 4.79 Å². The minimum Gasteiger partial charge on any atom is -0.327 e. The van der Waals surface area contributed by atoms with Crippen molar-refractivity contribution in [3.05, 3.63) is 29.8 Å². The molecule has 1 aromatic rings. The molecule has 1 aliphatic rings. The van der Waals surface area contributed by atoms with E-state index in [1.165, 1.54) is 18.4 Å². The fraction of sp³-hybridized carbons (Fsp3) is 0.562. The van der Waals surface area contributed by atoms with Crippen LogP contribution in [0.3, 0.4) is 0 Å². The summed E-state index contributed by atoms with van der Waals surface area (Å²) in [5, 5.41) is 0. The summed E-state index contributed by atoms with van der Waals surface area (Å²) in [5.74, 6) is 0.528. The van der Waals surface area contributed by atoms with Crippen LogP contribution in [0.1, 0.15) is 37.7 Å². The number of carbonyl (C=O) groups is 1. The van der Waals surface area contributed by atoms with Crippen molar-refractivity contribution in [1.82, 2.24) is 0 Å². The number of carbonyl (C=O) groups excluding carboxylic acids is 1. The van der Waals surface area contributed by atoms with E-state index in [1.54, 1.807) is 4.90 Å². The van der Waals surface area contributed by atoms with Crippen LogP contribution in [0.4, 0.5) is 5.69 Å². The summed E-state index contributed by atoms with van der Waals surface area (Å²) in [7, 11) is 1.85. The van der Waals surface area contributed by atoms with Crippen molar-refractivity contribution >= 4 is 24.0 Å². The molecule has 0 heterocycles. The number of benzene rings is 1. The van der Waals surface area contributed by atoms with E-state index in [4.69, 9.17) is 5.73 Å². The van der Waals surface area contributed by atoms with Crippen LogP contribution in [0.2, 0.25) is 0 Å². The van der Waals surface area contributed by atoms with E-state index in [2.05, 4.69) is 0 Å². The Kier molecular flexibility index (Phi) is 6.50. The third kappa shape index (κ3) is 4.22. The van der Waals surface area contributed by atoms with Gasteiger partial charge in [0.1, 0.15) is 0 Å². The summed E-state index contributed by atoms with van der Waals surface area (Å²) in [6.45, 7) is 2.05. The zero-order valence-corrected chi connectivity index (χ0v) is 13.2. The molecule has 1 saturated carbocycles. The topological polar surface area (TPSA) is 46.3 Å². The average Bonchev–Trinajstić information content (AvgIpc) is 2.41. The lowest BCUT2D eigenvalue weighted by molar-refractivity contribution is -0.119. The van der Waals surface area contributed by atoms with Crippen molar-refractivity contribution in [3.8, 4) is 0 Å². The largest absolute Gasteiger partial charge is 0.327 e. The lowest BCUT2D eigenvalue weighted by Gasteiger charge is -2.29. The predicted molar refractivity (Wildman–Crippen MR) is 86.4 cm³/mol. The number of halogens is 1. The maximum Gasteiger partial charge on any atom is 0.227 e. The Morgan fingerprint density at radius 3 is 2.45 bits per heavy atom. The molecule has 112 valence electrons. The number of hydrogen-bond donors (Lipinski definition) is 1. The molecular formula is C16H25ClN2O. The molecule has 0 spiro atoms. The molecule has 1 fully saturated rings. The third-order valence-corrected chi connectivity index (χ3v) is 4.20. The standard InChI is InChI=1S/C16H24N2O.ClH/c1-12-7-9-14(10-8-12)18(2)16(19)11-13-5-3-4-6-15(13)17;/h7-10,13,15H,3-6,11,17H2,1-2H3;1H. The molecule has 1 aliphatic carbocycles. The van der Waals surface area contributed by atoms with E-state index in [-0.39, 0.29) is 24.4 Å². The van der Waals surface area contributed by atoms with E-state index < -0.39 is 0 Å². The van der Waals surface area contributed by atoms with Crippen LogP contribution < -0.4 is 10.6 Å². The summed E-state index contributed by atoms with van der Waals surface area (Å²) < 4.78 is 0. The molecule has 3 nitrogen and oxygen atoms in total. The van der Waals surface area contributed by atoms with Gasteiger partial charge in [-0.25, -0.2) is 0 Å². The SMILES string of the molecule is Cc1ccc(N(C)C(=O)CC2CCCCC2N)cc1.Cl. The molecule has 0 radical (unpaired) electrons. The van der Waals surface area contributed by atoms with E-state index in [9.17, 15) is 4.79 Å². The summed E-state index contributed by atoms with van der Waals surface area (Å²) in [5.41, 5.74) is 8.28. The first kappa shape index (κ1) is 17.0. The fourth-order valence-corrected chi connectivity index (χ4v) is 2.76. The quantitative estimate of drug-likeness (QED) is 0.930. The first-order valence-corrected chi connectivity index (χ1v) is 7.16. The lowest BCUT2D eigenvalue weighted by Crippen LogP contribution is -2.37. The van der Waals surface area contributed by atoms with Crippen LogP contribution in [0.25, 0.3) is 0 Å². The summed E-state index contributed by atoms with van der Waals surface area (Å²) in [4.78, 5) is 14.1. The van der Waals surface area contributed by atoms with E-state index in [0.29, 0.717) is 12.3 Å². The van der Waals surface area contributed by atoms with Crippen molar-refractivity contribution in [2.45, 2.75) is 45.1 Å². The first-order chi connectivity index (χ1) is 9.08. The highest BCUT2D eigenvalue weighted by Gasteiger charge is 2.25.